The van der Waals surface area contributed by atoms with Crippen molar-refractivity contribution in [3.63, 3.8) is 0 Å². The van der Waals surface area contributed by atoms with Crippen molar-refractivity contribution in [3.8, 4) is 11.5 Å². The largest absolute Gasteiger partial charge is 0.493 e. The molecule has 0 unspecified atom stereocenters. The zero-order valence-corrected chi connectivity index (χ0v) is 15.1. The minimum absolute atomic E-state index is 0.0294. The summed E-state index contributed by atoms with van der Waals surface area (Å²) < 4.78 is 24.8. The Hall–Kier alpha value is -1.82. The van der Waals surface area contributed by atoms with Gasteiger partial charge in [-0.25, -0.2) is 4.39 Å². The third kappa shape index (κ3) is 3.73. The molecular formula is C19H27FN2O3. The maximum atomic E-state index is 14.3. The first-order valence-corrected chi connectivity index (χ1v) is 9.09. The first-order chi connectivity index (χ1) is 12.2. The van der Waals surface area contributed by atoms with E-state index in [-0.39, 0.29) is 17.2 Å². The summed E-state index contributed by atoms with van der Waals surface area (Å²) in [7, 11) is 2.91. The van der Waals surface area contributed by atoms with Crippen LogP contribution >= 0.6 is 0 Å². The predicted octanol–water partition coefficient (Wildman–Crippen LogP) is 2.93. The lowest BCUT2D eigenvalue weighted by atomic mass is 9.99. The number of piperidine rings is 2. The van der Waals surface area contributed by atoms with Gasteiger partial charge in [-0.15, -0.1) is 0 Å². The second-order valence-corrected chi connectivity index (χ2v) is 6.78. The highest BCUT2D eigenvalue weighted by atomic mass is 19.1. The summed E-state index contributed by atoms with van der Waals surface area (Å²) in [6.07, 6.45) is 5.75. The fraction of sp³-hybridized carbons (Fsp3) is 0.632. The Bertz CT molecular complexity index is 609. The molecule has 0 saturated carbocycles. The van der Waals surface area contributed by atoms with Gasteiger partial charge in [-0.2, -0.15) is 0 Å². The van der Waals surface area contributed by atoms with Crippen LogP contribution in [0.25, 0.3) is 0 Å². The first kappa shape index (κ1) is 18.0. The van der Waals surface area contributed by atoms with E-state index in [1.807, 2.05) is 0 Å². The van der Waals surface area contributed by atoms with Crippen LogP contribution in [0, 0.1) is 5.82 Å². The number of rotatable bonds is 4. The highest BCUT2D eigenvalue weighted by molar-refractivity contribution is 5.98. The molecule has 1 aromatic rings. The highest BCUT2D eigenvalue weighted by Gasteiger charge is 2.31. The molecule has 6 heteroatoms. The molecule has 5 nitrogen and oxygen atoms in total. The number of nitrogens with zero attached hydrogens (tertiary/aromatic N) is 2. The van der Waals surface area contributed by atoms with Crippen LogP contribution in [0.5, 0.6) is 11.5 Å². The number of carbonyl (C=O) groups excluding carboxylic acids is 1. The Morgan fingerprint density at radius 3 is 2.32 bits per heavy atom. The molecule has 25 heavy (non-hydrogen) atoms. The molecule has 0 N–H and O–H groups in total. The lowest BCUT2D eigenvalue weighted by Crippen LogP contribution is -2.48. The van der Waals surface area contributed by atoms with Crippen LogP contribution in [0.1, 0.15) is 42.5 Å². The molecule has 138 valence electrons. The number of hydrogen-bond donors (Lipinski definition) is 0. The summed E-state index contributed by atoms with van der Waals surface area (Å²) in [6, 6.07) is 3.28. The van der Waals surface area contributed by atoms with Crippen molar-refractivity contribution in [2.24, 2.45) is 0 Å². The van der Waals surface area contributed by atoms with Crippen molar-refractivity contribution in [1.29, 1.82) is 0 Å². The van der Waals surface area contributed by atoms with Crippen LogP contribution in [0.3, 0.4) is 0 Å². The van der Waals surface area contributed by atoms with E-state index in [1.165, 1.54) is 45.6 Å². The molecule has 0 bridgehead atoms. The van der Waals surface area contributed by atoms with Gasteiger partial charge in [0.1, 0.15) is 11.4 Å². The monoisotopic (exact) mass is 350 g/mol. The number of amides is 1. The zero-order chi connectivity index (χ0) is 17.8. The average molecular weight is 350 g/mol. The number of ether oxygens (including phenoxy) is 2. The van der Waals surface area contributed by atoms with Crippen molar-refractivity contribution in [1.82, 2.24) is 9.80 Å². The Morgan fingerprint density at radius 2 is 1.72 bits per heavy atom. The Kier molecular flexibility index (Phi) is 5.78. The molecule has 0 aliphatic carbocycles. The van der Waals surface area contributed by atoms with Crippen molar-refractivity contribution in [3.05, 3.63) is 23.5 Å². The van der Waals surface area contributed by atoms with Gasteiger partial charge in [0, 0.05) is 19.1 Å². The normalized spacial score (nSPS) is 19.7. The number of hydrogen-bond acceptors (Lipinski definition) is 4. The SMILES string of the molecule is COc1ccc(F)c(C(=O)N2CCC(N3CCCCC3)CC2)c1OC. The van der Waals surface area contributed by atoms with Gasteiger partial charge in [-0.3, -0.25) is 4.79 Å². The smallest absolute Gasteiger partial charge is 0.260 e. The van der Waals surface area contributed by atoms with Gasteiger partial charge in [0.05, 0.1) is 14.2 Å². The molecule has 0 aromatic heterocycles. The van der Waals surface area contributed by atoms with Gasteiger partial charge in [0.15, 0.2) is 11.5 Å². The fourth-order valence-electron chi connectivity index (χ4n) is 3.98. The van der Waals surface area contributed by atoms with Crippen LogP contribution in [-0.2, 0) is 0 Å². The minimum atomic E-state index is -0.569. The third-order valence-electron chi connectivity index (χ3n) is 5.37. The minimum Gasteiger partial charge on any atom is -0.493 e. The van der Waals surface area contributed by atoms with E-state index in [2.05, 4.69) is 4.90 Å². The molecule has 0 radical (unpaired) electrons. The van der Waals surface area contributed by atoms with Gasteiger partial charge in [-0.1, -0.05) is 6.42 Å². The summed E-state index contributed by atoms with van der Waals surface area (Å²) in [5.74, 6) is -0.341. The molecule has 2 heterocycles. The molecule has 1 amide bonds. The standard InChI is InChI=1S/C19H27FN2O3/c1-24-16-7-6-15(20)17(18(16)25-2)19(23)22-12-8-14(9-13-22)21-10-4-3-5-11-21/h6-7,14H,3-5,8-13H2,1-2H3. The first-order valence-electron chi connectivity index (χ1n) is 9.09. The number of benzene rings is 1. The average Bonchev–Trinajstić information content (AvgIpc) is 2.68. The molecular weight excluding hydrogens is 323 g/mol. The zero-order valence-electron chi connectivity index (χ0n) is 15.1. The van der Waals surface area contributed by atoms with Gasteiger partial charge in [0.25, 0.3) is 5.91 Å². The lowest BCUT2D eigenvalue weighted by Gasteiger charge is -2.40. The third-order valence-corrected chi connectivity index (χ3v) is 5.37. The second kappa shape index (κ2) is 8.04. The van der Waals surface area contributed by atoms with E-state index >= 15 is 0 Å². The molecule has 0 spiro atoms. The maximum Gasteiger partial charge on any atom is 0.260 e. The number of methoxy groups -OCH3 is 2. The molecule has 0 atom stereocenters. The topological polar surface area (TPSA) is 42.0 Å². The fourth-order valence-corrected chi connectivity index (χ4v) is 3.98. The van der Waals surface area contributed by atoms with Gasteiger partial charge >= 0.3 is 0 Å². The van der Waals surface area contributed by atoms with Crippen LogP contribution < -0.4 is 9.47 Å². The molecule has 2 saturated heterocycles. The van der Waals surface area contributed by atoms with E-state index in [9.17, 15) is 9.18 Å². The number of halogens is 1. The van der Waals surface area contributed by atoms with E-state index in [0.29, 0.717) is 24.9 Å². The number of carbonyl (C=O) groups is 1. The van der Waals surface area contributed by atoms with Gasteiger partial charge in [-0.05, 0) is 50.9 Å². The van der Waals surface area contributed by atoms with Crippen molar-refractivity contribution in [2.45, 2.75) is 38.1 Å². The molecule has 2 aliphatic heterocycles. The molecule has 3 rings (SSSR count). The van der Waals surface area contributed by atoms with E-state index in [4.69, 9.17) is 9.47 Å². The van der Waals surface area contributed by atoms with Crippen molar-refractivity contribution >= 4 is 5.91 Å². The van der Waals surface area contributed by atoms with Gasteiger partial charge in [0.2, 0.25) is 0 Å². The summed E-state index contributed by atoms with van der Waals surface area (Å²) >= 11 is 0. The summed E-state index contributed by atoms with van der Waals surface area (Å²) in [5, 5.41) is 0. The van der Waals surface area contributed by atoms with E-state index in [1.54, 1.807) is 4.90 Å². The van der Waals surface area contributed by atoms with E-state index in [0.717, 1.165) is 25.9 Å². The van der Waals surface area contributed by atoms with Crippen molar-refractivity contribution < 1.29 is 18.7 Å². The molecule has 2 fully saturated rings. The summed E-state index contributed by atoms with van der Waals surface area (Å²) in [4.78, 5) is 17.2. The van der Waals surface area contributed by atoms with Gasteiger partial charge < -0.3 is 19.3 Å². The quantitative estimate of drug-likeness (QED) is 0.837. The predicted molar refractivity (Wildman–Crippen MR) is 93.9 cm³/mol. The summed E-state index contributed by atoms with van der Waals surface area (Å²) in [6.45, 7) is 3.63. The highest BCUT2D eigenvalue weighted by Crippen LogP contribution is 2.34. The van der Waals surface area contributed by atoms with Crippen LogP contribution in [0.2, 0.25) is 0 Å². The van der Waals surface area contributed by atoms with Crippen LogP contribution in [-0.4, -0.2) is 62.1 Å². The maximum absolute atomic E-state index is 14.3. The van der Waals surface area contributed by atoms with Crippen LogP contribution in [0.15, 0.2) is 12.1 Å². The summed E-state index contributed by atoms with van der Waals surface area (Å²) in [5.41, 5.74) is -0.0294. The van der Waals surface area contributed by atoms with Crippen LogP contribution in [0.4, 0.5) is 4.39 Å². The number of likely N-dealkylation sites (tertiary alicyclic amines) is 2. The Labute approximate surface area is 148 Å². The van der Waals surface area contributed by atoms with Crippen molar-refractivity contribution in [2.75, 3.05) is 40.4 Å². The Morgan fingerprint density at radius 1 is 1.04 bits per heavy atom. The second-order valence-electron chi connectivity index (χ2n) is 6.78. The lowest BCUT2D eigenvalue weighted by molar-refractivity contribution is 0.0582. The van der Waals surface area contributed by atoms with E-state index < -0.39 is 5.82 Å². The molecule has 1 aromatic carbocycles. The molecule has 2 aliphatic rings. The Balaban J connectivity index is 1.70.